The molecule has 0 saturated heterocycles. The Morgan fingerprint density at radius 2 is 0.523 bits per heavy atom. The first kappa shape index (κ1) is 48.1. The van der Waals surface area contributed by atoms with Gasteiger partial charge in [0.25, 0.3) is 0 Å². The lowest BCUT2D eigenvalue weighted by Gasteiger charge is -2.39. The minimum absolute atomic E-state index is 0.532. The molecule has 0 aliphatic carbocycles. The molecule has 0 unspecified atom stereocenters. The maximum Gasteiger partial charge on any atom is 0.136 e. The van der Waals surface area contributed by atoms with Crippen molar-refractivity contribution in [3.63, 3.8) is 0 Å². The van der Waals surface area contributed by atoms with E-state index in [2.05, 4.69) is 55.4 Å². The van der Waals surface area contributed by atoms with Crippen LogP contribution < -0.4 is 0 Å². The van der Waals surface area contributed by atoms with E-state index >= 15 is 0 Å². The first-order valence-corrected chi connectivity index (χ1v) is 21.2. The molecule has 0 atom stereocenters. The molecule has 0 spiro atoms. The Balaban J connectivity index is -0.000000594. The number of nitrogens with zero attached hydrogens (tertiary/aromatic N) is 2. The lowest BCUT2D eigenvalue weighted by Crippen LogP contribution is -2.50. The van der Waals surface area contributed by atoms with Crippen LogP contribution in [0.3, 0.4) is 0 Å². The minimum atomic E-state index is -5.01. The molecular weight excluding hydrogens is 597 g/mol. The van der Waals surface area contributed by atoms with Crippen LogP contribution in [0.15, 0.2) is 0 Å². The molecule has 0 N–H and O–H groups in total. The summed E-state index contributed by atoms with van der Waals surface area (Å²) in [5.74, 6) is 0. The molecule has 0 fully saturated rings. The van der Waals surface area contributed by atoms with E-state index in [9.17, 15) is 25.9 Å². The van der Waals surface area contributed by atoms with Crippen molar-refractivity contribution >= 4 is 20.2 Å². The van der Waals surface area contributed by atoms with Gasteiger partial charge in [0.1, 0.15) is 24.8 Å². The van der Waals surface area contributed by atoms with Gasteiger partial charge in [0.2, 0.25) is 0 Å². The Kier molecular flexibility index (Phi) is 31.6. The van der Waals surface area contributed by atoms with E-state index < -0.39 is 24.8 Å². The van der Waals surface area contributed by atoms with Crippen LogP contribution in [0.2, 0.25) is 0 Å². The third-order valence-electron chi connectivity index (χ3n) is 8.70. The lowest BCUT2D eigenvalue weighted by molar-refractivity contribution is -0.929. The molecular formula is C34H76N2O6S2. The van der Waals surface area contributed by atoms with Gasteiger partial charge >= 0.3 is 0 Å². The quantitative estimate of drug-likeness (QED) is 0.0673. The standard InChI is InChI=1S/2C16H36N.C2H6O6S2/c2*1-5-9-13-17(14-10-6-2,15-11-7-3)16-12-8-4;1-2(9(3,4)5)10(6,7)8/h2*5-16H2,1-4H3;2H,1H3,(H,3,4,5)(H,6,7,8)/q2*+1;/p-2. The summed E-state index contributed by atoms with van der Waals surface area (Å²) in [4.78, 5) is 0. The molecule has 0 aromatic heterocycles. The molecule has 0 rings (SSSR count). The Hall–Kier alpha value is -0.260. The van der Waals surface area contributed by atoms with Crippen LogP contribution in [0.25, 0.3) is 0 Å². The van der Waals surface area contributed by atoms with Crippen molar-refractivity contribution in [2.24, 2.45) is 0 Å². The van der Waals surface area contributed by atoms with Gasteiger partial charge in [-0.1, -0.05) is 107 Å². The van der Waals surface area contributed by atoms with Crippen molar-refractivity contribution in [1.82, 2.24) is 0 Å². The second-order valence-corrected chi connectivity index (χ2v) is 16.5. The molecule has 270 valence electrons. The first-order chi connectivity index (χ1) is 20.6. The number of hydrogen-bond acceptors (Lipinski definition) is 6. The average molecular weight is 673 g/mol. The smallest absolute Gasteiger partial charge is 0.136 e. The Morgan fingerprint density at radius 3 is 0.591 bits per heavy atom. The highest BCUT2D eigenvalue weighted by Crippen LogP contribution is 2.17. The molecule has 0 bridgehead atoms. The maximum absolute atomic E-state index is 9.84. The van der Waals surface area contributed by atoms with Gasteiger partial charge in [-0.25, -0.2) is 16.8 Å². The highest BCUT2D eigenvalue weighted by Gasteiger charge is 2.25. The summed E-state index contributed by atoms with van der Waals surface area (Å²) >= 11 is 0. The summed E-state index contributed by atoms with van der Waals surface area (Å²) in [7, 11) is -10.0. The number of unbranched alkanes of at least 4 members (excludes halogenated alkanes) is 8. The SMILES string of the molecule is CC(S(=O)(=O)[O-])S(=O)(=O)[O-].CCCC[N+](CCCC)(CCCC)CCCC.CCCC[N+](CCCC)(CCCC)CCCC. The fraction of sp³-hybridized carbons (Fsp3) is 1.00. The fourth-order valence-electron chi connectivity index (χ4n) is 5.43. The molecule has 0 heterocycles. The van der Waals surface area contributed by atoms with Gasteiger partial charge in [0, 0.05) is 0 Å². The summed E-state index contributed by atoms with van der Waals surface area (Å²) in [6.45, 7) is 30.6. The van der Waals surface area contributed by atoms with Crippen LogP contribution in [0.5, 0.6) is 0 Å². The second kappa shape index (κ2) is 28.9. The van der Waals surface area contributed by atoms with E-state index in [-0.39, 0.29) is 0 Å². The molecule has 44 heavy (non-hydrogen) atoms. The Morgan fingerprint density at radius 1 is 0.386 bits per heavy atom. The molecule has 8 nitrogen and oxygen atoms in total. The molecule has 0 aromatic carbocycles. The van der Waals surface area contributed by atoms with E-state index in [1.807, 2.05) is 0 Å². The predicted molar refractivity (Wildman–Crippen MR) is 188 cm³/mol. The van der Waals surface area contributed by atoms with Crippen molar-refractivity contribution < 1.29 is 34.9 Å². The van der Waals surface area contributed by atoms with Crippen LogP contribution in [-0.4, -0.2) is 91.8 Å². The van der Waals surface area contributed by atoms with Crippen LogP contribution in [0.4, 0.5) is 0 Å². The summed E-state index contributed by atoms with van der Waals surface area (Å²) in [6.07, 6.45) is 22.1. The third-order valence-corrected chi connectivity index (χ3v) is 11.7. The lowest BCUT2D eigenvalue weighted by atomic mass is 10.1. The van der Waals surface area contributed by atoms with Gasteiger partial charge in [0.15, 0.2) is 0 Å². The zero-order valence-electron chi connectivity index (χ0n) is 30.7. The summed E-state index contributed by atoms with van der Waals surface area (Å²) < 4.78 is 59.5. The van der Waals surface area contributed by atoms with Crippen LogP contribution in [0, 0.1) is 0 Å². The summed E-state index contributed by atoms with van der Waals surface area (Å²) in [6, 6.07) is 0. The summed E-state index contributed by atoms with van der Waals surface area (Å²) in [5.41, 5.74) is 0. The van der Waals surface area contributed by atoms with Crippen LogP contribution >= 0.6 is 0 Å². The monoisotopic (exact) mass is 673 g/mol. The normalized spacial score (nSPS) is 12.5. The molecule has 0 aliphatic heterocycles. The largest absolute Gasteiger partial charge is 0.747 e. The van der Waals surface area contributed by atoms with Crippen molar-refractivity contribution in [3.8, 4) is 0 Å². The molecule has 10 heteroatoms. The second-order valence-electron chi connectivity index (χ2n) is 12.9. The van der Waals surface area contributed by atoms with Crippen LogP contribution in [-0.2, 0) is 20.2 Å². The van der Waals surface area contributed by atoms with E-state index in [1.54, 1.807) is 0 Å². The first-order valence-electron chi connectivity index (χ1n) is 18.2. The maximum atomic E-state index is 9.84. The van der Waals surface area contributed by atoms with E-state index in [4.69, 9.17) is 0 Å². The topological polar surface area (TPSA) is 114 Å². The van der Waals surface area contributed by atoms with E-state index in [0.717, 1.165) is 0 Å². The van der Waals surface area contributed by atoms with Gasteiger partial charge in [-0.05, 0) is 58.3 Å². The minimum Gasteiger partial charge on any atom is -0.747 e. The predicted octanol–water partition coefficient (Wildman–Crippen LogP) is 8.43. The van der Waals surface area contributed by atoms with Crippen molar-refractivity contribution in [2.75, 3.05) is 52.4 Å². The Labute approximate surface area is 276 Å². The van der Waals surface area contributed by atoms with Crippen molar-refractivity contribution in [2.45, 2.75) is 170 Å². The van der Waals surface area contributed by atoms with Crippen molar-refractivity contribution in [1.29, 1.82) is 0 Å². The summed E-state index contributed by atoms with van der Waals surface area (Å²) in [5, 5.41) is 0. The molecule has 0 aromatic rings. The van der Waals surface area contributed by atoms with Gasteiger partial charge in [0.05, 0.1) is 52.4 Å². The van der Waals surface area contributed by atoms with Crippen LogP contribution in [0.1, 0.15) is 165 Å². The Bertz CT molecular complexity index is 692. The molecule has 0 aliphatic rings. The number of rotatable bonds is 26. The zero-order chi connectivity index (χ0) is 34.5. The number of quaternary nitrogens is 2. The molecule has 0 saturated carbocycles. The zero-order valence-corrected chi connectivity index (χ0v) is 32.3. The van der Waals surface area contributed by atoms with Gasteiger partial charge in [-0.15, -0.1) is 0 Å². The average Bonchev–Trinajstić information content (AvgIpc) is 2.99. The van der Waals surface area contributed by atoms with Gasteiger partial charge < -0.3 is 18.1 Å². The third kappa shape index (κ3) is 25.9. The highest BCUT2D eigenvalue weighted by atomic mass is 32.3. The van der Waals surface area contributed by atoms with E-state index in [1.165, 1.54) is 164 Å². The van der Waals surface area contributed by atoms with E-state index in [0.29, 0.717) is 6.92 Å². The van der Waals surface area contributed by atoms with Crippen molar-refractivity contribution in [3.05, 3.63) is 0 Å². The van der Waals surface area contributed by atoms with Gasteiger partial charge in [-0.2, -0.15) is 0 Å². The molecule has 0 radical (unpaired) electrons. The highest BCUT2D eigenvalue weighted by molar-refractivity contribution is 8.03. The number of hydrogen-bond donors (Lipinski definition) is 0. The fourth-order valence-corrected chi connectivity index (χ4v) is 6.59. The van der Waals surface area contributed by atoms with Gasteiger partial charge in [-0.3, -0.25) is 0 Å². The molecule has 0 amide bonds.